The van der Waals surface area contributed by atoms with Crippen LogP contribution in [0.3, 0.4) is 0 Å². The molecule has 2 rings (SSSR count). The lowest BCUT2D eigenvalue weighted by Gasteiger charge is -2.10. The molecule has 0 aliphatic heterocycles. The first-order chi connectivity index (χ1) is 11.0. The Kier molecular flexibility index (Phi) is 6.55. The zero-order valence-electron chi connectivity index (χ0n) is 12.7. The molecule has 23 heavy (non-hydrogen) atoms. The number of amides is 2. The second kappa shape index (κ2) is 8.64. The smallest absolute Gasteiger partial charge is 0.234 e. The van der Waals surface area contributed by atoms with E-state index in [1.165, 1.54) is 29.1 Å². The summed E-state index contributed by atoms with van der Waals surface area (Å²) in [7, 11) is 0. The number of hydrogen-bond acceptors (Lipinski definition) is 4. The highest BCUT2D eigenvalue weighted by Gasteiger charge is 2.08. The molecule has 0 fully saturated rings. The van der Waals surface area contributed by atoms with Crippen molar-refractivity contribution in [2.75, 3.05) is 16.8 Å². The maximum absolute atomic E-state index is 12.1. The van der Waals surface area contributed by atoms with Gasteiger partial charge in [-0.25, -0.2) is 0 Å². The number of nitrogens with two attached hydrogens (primary N) is 1. The number of primary amides is 1. The molecule has 0 aliphatic rings. The first-order valence-electron chi connectivity index (χ1n) is 7.04. The first kappa shape index (κ1) is 17.4. The molecule has 0 atom stereocenters. The van der Waals surface area contributed by atoms with Gasteiger partial charge in [-0.15, -0.1) is 23.5 Å². The lowest BCUT2D eigenvalue weighted by atomic mass is 10.2. The second-order valence-corrected chi connectivity index (χ2v) is 6.97. The van der Waals surface area contributed by atoms with Gasteiger partial charge in [0.25, 0.3) is 0 Å². The summed E-state index contributed by atoms with van der Waals surface area (Å²) in [6, 6.07) is 15.4. The molecule has 0 aliphatic carbocycles. The fourth-order valence-electron chi connectivity index (χ4n) is 1.81. The van der Waals surface area contributed by atoms with Gasteiger partial charge in [0.2, 0.25) is 11.8 Å². The molecule has 0 bridgehead atoms. The third-order valence-electron chi connectivity index (χ3n) is 2.92. The number of rotatable bonds is 7. The van der Waals surface area contributed by atoms with Crippen LogP contribution in [0.2, 0.25) is 0 Å². The Morgan fingerprint density at radius 1 is 1.00 bits per heavy atom. The molecule has 120 valence electrons. The van der Waals surface area contributed by atoms with Crippen molar-refractivity contribution in [1.29, 1.82) is 0 Å². The van der Waals surface area contributed by atoms with Crippen LogP contribution in [0.15, 0.2) is 58.3 Å². The normalized spacial score (nSPS) is 10.3. The Morgan fingerprint density at radius 2 is 1.70 bits per heavy atom. The Hall–Kier alpha value is -1.92. The van der Waals surface area contributed by atoms with Crippen LogP contribution in [0, 0.1) is 6.92 Å². The van der Waals surface area contributed by atoms with Gasteiger partial charge < -0.3 is 11.1 Å². The summed E-state index contributed by atoms with van der Waals surface area (Å²) in [6.07, 6.45) is 0. The molecule has 0 aromatic heterocycles. The van der Waals surface area contributed by atoms with E-state index in [0.29, 0.717) is 11.4 Å². The van der Waals surface area contributed by atoms with Crippen molar-refractivity contribution in [3.63, 3.8) is 0 Å². The van der Waals surface area contributed by atoms with Crippen molar-refractivity contribution >= 4 is 41.0 Å². The van der Waals surface area contributed by atoms with Crippen molar-refractivity contribution in [2.45, 2.75) is 16.7 Å². The number of thioether (sulfide) groups is 2. The predicted octanol–water partition coefficient (Wildman–Crippen LogP) is 3.30. The maximum atomic E-state index is 12.1. The van der Waals surface area contributed by atoms with E-state index in [9.17, 15) is 9.59 Å². The summed E-state index contributed by atoms with van der Waals surface area (Å²) in [4.78, 5) is 24.9. The van der Waals surface area contributed by atoms with E-state index in [1.807, 2.05) is 55.5 Å². The van der Waals surface area contributed by atoms with Gasteiger partial charge in [-0.3, -0.25) is 9.59 Å². The zero-order valence-corrected chi connectivity index (χ0v) is 14.4. The highest BCUT2D eigenvalue weighted by Crippen LogP contribution is 2.27. The van der Waals surface area contributed by atoms with Gasteiger partial charge in [0.1, 0.15) is 0 Å². The topological polar surface area (TPSA) is 72.2 Å². The van der Waals surface area contributed by atoms with Crippen LogP contribution in [-0.2, 0) is 9.59 Å². The largest absolute Gasteiger partial charge is 0.369 e. The number of carbonyl (C=O) groups is 2. The molecular weight excluding hydrogens is 328 g/mol. The van der Waals surface area contributed by atoms with Crippen molar-refractivity contribution in [1.82, 2.24) is 0 Å². The first-order valence-corrected chi connectivity index (χ1v) is 9.01. The minimum Gasteiger partial charge on any atom is -0.369 e. The predicted molar refractivity (Wildman–Crippen MR) is 96.9 cm³/mol. The van der Waals surface area contributed by atoms with Crippen LogP contribution in [0.25, 0.3) is 0 Å². The van der Waals surface area contributed by atoms with Gasteiger partial charge in [0.05, 0.1) is 17.2 Å². The van der Waals surface area contributed by atoms with Crippen molar-refractivity contribution < 1.29 is 9.59 Å². The summed E-state index contributed by atoms with van der Waals surface area (Å²) >= 11 is 2.80. The molecule has 0 unspecified atom stereocenters. The Balaban J connectivity index is 1.92. The maximum Gasteiger partial charge on any atom is 0.234 e. The summed E-state index contributed by atoms with van der Waals surface area (Å²) < 4.78 is 0. The van der Waals surface area contributed by atoms with Crippen molar-refractivity contribution in [3.05, 3.63) is 54.1 Å². The van der Waals surface area contributed by atoms with Gasteiger partial charge in [-0.05, 0) is 31.2 Å². The number of aryl methyl sites for hydroxylation is 1. The van der Waals surface area contributed by atoms with E-state index in [4.69, 9.17) is 5.73 Å². The molecule has 6 heteroatoms. The van der Waals surface area contributed by atoms with Gasteiger partial charge in [0, 0.05) is 9.79 Å². The molecule has 0 heterocycles. The van der Waals surface area contributed by atoms with Crippen LogP contribution in [0.4, 0.5) is 5.69 Å². The Labute approximate surface area is 144 Å². The number of hydrogen-bond donors (Lipinski definition) is 2. The van der Waals surface area contributed by atoms with E-state index < -0.39 is 0 Å². The van der Waals surface area contributed by atoms with Crippen LogP contribution in [0.5, 0.6) is 0 Å². The number of anilines is 1. The monoisotopic (exact) mass is 346 g/mol. The number of nitrogens with one attached hydrogen (secondary N) is 1. The van der Waals surface area contributed by atoms with Gasteiger partial charge in [-0.2, -0.15) is 0 Å². The average molecular weight is 346 g/mol. The van der Waals surface area contributed by atoms with Crippen molar-refractivity contribution in [2.24, 2.45) is 5.73 Å². The van der Waals surface area contributed by atoms with E-state index in [1.54, 1.807) is 0 Å². The van der Waals surface area contributed by atoms with E-state index >= 15 is 0 Å². The third-order valence-corrected chi connectivity index (χ3v) is 5.03. The molecule has 0 radical (unpaired) electrons. The van der Waals surface area contributed by atoms with Crippen LogP contribution >= 0.6 is 23.5 Å². The molecule has 0 saturated heterocycles. The average Bonchev–Trinajstić information content (AvgIpc) is 2.53. The highest BCUT2D eigenvalue weighted by atomic mass is 32.2. The Morgan fingerprint density at radius 3 is 2.39 bits per heavy atom. The zero-order chi connectivity index (χ0) is 16.7. The number of para-hydroxylation sites is 1. The molecule has 4 nitrogen and oxygen atoms in total. The summed E-state index contributed by atoms with van der Waals surface area (Å²) in [5.74, 6) is 0.0526. The fraction of sp³-hybridized carbons (Fsp3) is 0.176. The van der Waals surface area contributed by atoms with E-state index in [0.717, 1.165) is 9.79 Å². The van der Waals surface area contributed by atoms with Gasteiger partial charge in [0.15, 0.2) is 0 Å². The van der Waals surface area contributed by atoms with Crippen LogP contribution < -0.4 is 11.1 Å². The SMILES string of the molecule is Cc1ccc(SCC(=O)Nc2ccccc2SCC(N)=O)cc1. The lowest BCUT2D eigenvalue weighted by molar-refractivity contribution is -0.115. The summed E-state index contributed by atoms with van der Waals surface area (Å²) in [5.41, 5.74) is 7.06. The quantitative estimate of drug-likeness (QED) is 0.755. The molecule has 3 N–H and O–H groups in total. The highest BCUT2D eigenvalue weighted by molar-refractivity contribution is 8.00. The third kappa shape index (κ3) is 6.00. The molecule has 0 spiro atoms. The standard InChI is InChI=1S/C17H18N2O2S2/c1-12-6-8-13(9-7-12)22-11-17(21)19-14-4-2-3-5-15(14)23-10-16(18)20/h2-9H,10-11H2,1H3,(H2,18,20)(H,19,21). The van der Waals surface area contributed by atoms with Gasteiger partial charge >= 0.3 is 0 Å². The molecule has 2 aromatic carbocycles. The number of carbonyl (C=O) groups excluding carboxylic acids is 2. The van der Waals surface area contributed by atoms with E-state index in [-0.39, 0.29) is 17.6 Å². The van der Waals surface area contributed by atoms with Crippen molar-refractivity contribution in [3.8, 4) is 0 Å². The Bertz CT molecular complexity index is 687. The lowest BCUT2D eigenvalue weighted by Crippen LogP contribution is -2.15. The van der Waals surface area contributed by atoms with Crippen LogP contribution in [0.1, 0.15) is 5.56 Å². The molecular formula is C17H18N2O2S2. The molecule has 2 aromatic rings. The van der Waals surface area contributed by atoms with Gasteiger partial charge in [-0.1, -0.05) is 29.8 Å². The summed E-state index contributed by atoms with van der Waals surface area (Å²) in [6.45, 7) is 2.03. The summed E-state index contributed by atoms with van der Waals surface area (Å²) in [5, 5.41) is 2.88. The second-order valence-electron chi connectivity index (χ2n) is 4.90. The number of benzene rings is 2. The fourth-order valence-corrected chi connectivity index (χ4v) is 3.26. The minimum absolute atomic E-state index is 0.0808. The van der Waals surface area contributed by atoms with Crippen LogP contribution in [-0.4, -0.2) is 23.3 Å². The van der Waals surface area contributed by atoms with E-state index in [2.05, 4.69) is 5.32 Å². The molecule has 0 saturated carbocycles. The minimum atomic E-state index is -0.383. The molecule has 2 amide bonds.